The molecule has 0 unspecified atom stereocenters. The number of carbonyl (C=O) groups is 1. The molecule has 1 amide bonds. The number of nitrogens with zero attached hydrogens (tertiary/aromatic N) is 3. The van der Waals surface area contributed by atoms with E-state index in [0.29, 0.717) is 18.7 Å². The summed E-state index contributed by atoms with van der Waals surface area (Å²) in [5.41, 5.74) is 4.11. The van der Waals surface area contributed by atoms with Crippen molar-refractivity contribution in [2.45, 2.75) is 20.3 Å². The van der Waals surface area contributed by atoms with E-state index in [4.69, 9.17) is 0 Å². The lowest BCUT2D eigenvalue weighted by molar-refractivity contribution is 0.0946. The molecule has 2 heterocycles. The quantitative estimate of drug-likeness (QED) is 0.503. The van der Waals surface area contributed by atoms with Gasteiger partial charge in [0.25, 0.3) is 5.91 Å². The Morgan fingerprint density at radius 1 is 1.06 bits per heavy atom. The molecule has 0 saturated heterocycles. The molecule has 2 aromatic heterocycles. The second kappa shape index (κ2) is 9.06. The summed E-state index contributed by atoms with van der Waals surface area (Å²) in [4.78, 5) is 29.4. The predicted octanol–water partition coefficient (Wildman–Crippen LogP) is 3.95. The molecule has 31 heavy (non-hydrogen) atoms. The van der Waals surface area contributed by atoms with Crippen LogP contribution in [0.5, 0.6) is 0 Å². The third-order valence-electron chi connectivity index (χ3n) is 4.89. The van der Waals surface area contributed by atoms with E-state index < -0.39 is 5.91 Å². The molecule has 2 aromatic carbocycles. The number of aromatic nitrogens is 3. The van der Waals surface area contributed by atoms with Gasteiger partial charge in [0.05, 0.1) is 16.4 Å². The molecule has 0 fully saturated rings. The number of amides is 1. The number of benzene rings is 2. The van der Waals surface area contributed by atoms with Crippen molar-refractivity contribution in [3.05, 3.63) is 98.2 Å². The van der Waals surface area contributed by atoms with Gasteiger partial charge in [-0.15, -0.1) is 11.3 Å². The van der Waals surface area contributed by atoms with E-state index in [1.807, 2.05) is 66.9 Å². The van der Waals surface area contributed by atoms with Crippen molar-refractivity contribution >= 4 is 17.2 Å². The zero-order chi connectivity index (χ0) is 21.8. The first-order chi connectivity index (χ1) is 15.0. The van der Waals surface area contributed by atoms with Crippen molar-refractivity contribution in [3.8, 4) is 16.9 Å². The summed E-state index contributed by atoms with van der Waals surface area (Å²) in [5.74, 6) is -0.468. The minimum absolute atomic E-state index is 0.108. The number of hydrogen-bond acceptors (Lipinski definition) is 5. The van der Waals surface area contributed by atoms with E-state index in [1.165, 1.54) is 6.07 Å². The number of nitrogens with one attached hydrogen (secondary N) is 1. The van der Waals surface area contributed by atoms with Crippen molar-refractivity contribution in [2.24, 2.45) is 0 Å². The van der Waals surface area contributed by atoms with Crippen molar-refractivity contribution in [1.29, 1.82) is 0 Å². The van der Waals surface area contributed by atoms with Crippen LogP contribution in [0.4, 0.5) is 0 Å². The predicted molar refractivity (Wildman–Crippen MR) is 123 cm³/mol. The van der Waals surface area contributed by atoms with E-state index in [9.17, 15) is 9.59 Å². The number of carbonyl (C=O) groups excluding carboxylic acids is 1. The van der Waals surface area contributed by atoms with Gasteiger partial charge in [0.1, 0.15) is 0 Å². The molecular formula is C24H22N4O2S. The zero-order valence-electron chi connectivity index (χ0n) is 17.3. The zero-order valence-corrected chi connectivity index (χ0v) is 18.1. The first-order valence-corrected chi connectivity index (χ1v) is 10.9. The summed E-state index contributed by atoms with van der Waals surface area (Å²) in [6, 6.07) is 19.0. The normalized spacial score (nSPS) is 10.8. The maximum absolute atomic E-state index is 12.6. The van der Waals surface area contributed by atoms with Crippen LogP contribution in [0.1, 0.15) is 26.8 Å². The summed E-state index contributed by atoms with van der Waals surface area (Å²) < 4.78 is 1.61. The second-order valence-corrected chi connectivity index (χ2v) is 8.26. The largest absolute Gasteiger partial charge is 0.350 e. The Labute approximate surface area is 184 Å². The molecule has 0 aliphatic rings. The van der Waals surface area contributed by atoms with Crippen LogP contribution in [0.2, 0.25) is 0 Å². The Morgan fingerprint density at radius 3 is 2.48 bits per heavy atom. The molecule has 1 N–H and O–H groups in total. The molecule has 0 radical (unpaired) electrons. The lowest BCUT2D eigenvalue weighted by Crippen LogP contribution is -2.33. The Balaban J connectivity index is 1.41. The van der Waals surface area contributed by atoms with Gasteiger partial charge in [-0.2, -0.15) is 5.10 Å². The van der Waals surface area contributed by atoms with Crippen LogP contribution in [0.25, 0.3) is 16.9 Å². The highest BCUT2D eigenvalue weighted by atomic mass is 32.1. The molecule has 0 saturated carbocycles. The Bertz CT molecular complexity index is 1260. The fourth-order valence-corrected chi connectivity index (χ4v) is 3.90. The molecular weight excluding hydrogens is 408 g/mol. The van der Waals surface area contributed by atoms with Gasteiger partial charge >= 0.3 is 0 Å². The lowest BCUT2D eigenvalue weighted by Gasteiger charge is -2.11. The van der Waals surface area contributed by atoms with Crippen LogP contribution in [0.15, 0.2) is 70.8 Å². The number of para-hydroxylation sites is 1. The van der Waals surface area contributed by atoms with E-state index in [2.05, 4.69) is 15.4 Å². The Morgan fingerprint density at radius 2 is 1.81 bits per heavy atom. The Kier molecular flexibility index (Phi) is 6.04. The van der Waals surface area contributed by atoms with Gasteiger partial charge in [-0.1, -0.05) is 42.5 Å². The molecule has 0 aliphatic heterocycles. The van der Waals surface area contributed by atoms with E-state index in [-0.39, 0.29) is 11.1 Å². The van der Waals surface area contributed by atoms with Crippen LogP contribution in [0.3, 0.4) is 0 Å². The van der Waals surface area contributed by atoms with Crippen LogP contribution in [-0.2, 0) is 6.42 Å². The third kappa shape index (κ3) is 4.78. The van der Waals surface area contributed by atoms with Crippen molar-refractivity contribution in [2.75, 3.05) is 6.54 Å². The maximum atomic E-state index is 12.6. The van der Waals surface area contributed by atoms with E-state index >= 15 is 0 Å². The van der Waals surface area contributed by atoms with Crippen LogP contribution < -0.4 is 10.7 Å². The molecule has 7 heteroatoms. The monoisotopic (exact) mass is 430 g/mol. The standard InChI is InChI=1S/C24H22N4O2S/c1-16-14-22(29)23(27-28(16)20-6-4-3-5-7-20)24(30)25-13-12-18-8-10-19(11-9-18)21-15-31-17(2)26-21/h3-11,14-15H,12-13H2,1-2H3,(H,25,30). The molecule has 0 aliphatic carbocycles. The highest BCUT2D eigenvalue weighted by Crippen LogP contribution is 2.21. The molecule has 0 bridgehead atoms. The minimum atomic E-state index is -0.468. The summed E-state index contributed by atoms with van der Waals surface area (Å²) in [6.45, 7) is 4.19. The van der Waals surface area contributed by atoms with Crippen LogP contribution in [0, 0.1) is 13.8 Å². The molecule has 0 spiro atoms. The summed E-state index contributed by atoms with van der Waals surface area (Å²) in [7, 11) is 0. The molecule has 4 rings (SSSR count). The first-order valence-electron chi connectivity index (χ1n) is 9.97. The van der Waals surface area contributed by atoms with Crippen LogP contribution >= 0.6 is 11.3 Å². The van der Waals surface area contributed by atoms with Crippen molar-refractivity contribution in [1.82, 2.24) is 20.1 Å². The molecule has 0 atom stereocenters. The average molecular weight is 431 g/mol. The topological polar surface area (TPSA) is 76.9 Å². The fourth-order valence-electron chi connectivity index (χ4n) is 3.28. The Hall–Kier alpha value is -3.58. The van der Waals surface area contributed by atoms with Crippen molar-refractivity contribution in [3.63, 3.8) is 0 Å². The van der Waals surface area contributed by atoms with Gasteiger partial charge in [-0.05, 0) is 38.0 Å². The van der Waals surface area contributed by atoms with Gasteiger partial charge < -0.3 is 5.32 Å². The van der Waals surface area contributed by atoms with Gasteiger partial charge in [0.15, 0.2) is 5.69 Å². The van der Waals surface area contributed by atoms with E-state index in [0.717, 1.165) is 27.5 Å². The van der Waals surface area contributed by atoms with Gasteiger partial charge in [-0.25, -0.2) is 9.67 Å². The van der Waals surface area contributed by atoms with Crippen molar-refractivity contribution < 1.29 is 4.79 Å². The number of thiazole rings is 1. The summed E-state index contributed by atoms with van der Waals surface area (Å²) >= 11 is 1.63. The molecule has 6 nitrogen and oxygen atoms in total. The lowest BCUT2D eigenvalue weighted by atomic mass is 10.1. The molecule has 4 aromatic rings. The van der Waals surface area contributed by atoms with Gasteiger partial charge in [0, 0.05) is 29.2 Å². The number of aryl methyl sites for hydroxylation is 2. The average Bonchev–Trinajstić information content (AvgIpc) is 3.21. The van der Waals surface area contributed by atoms with Gasteiger partial charge in [0.2, 0.25) is 5.43 Å². The smallest absolute Gasteiger partial charge is 0.275 e. The SMILES string of the molecule is Cc1nc(-c2ccc(CCNC(=O)c3nn(-c4ccccc4)c(C)cc3=O)cc2)cs1. The number of hydrogen-bond donors (Lipinski definition) is 1. The summed E-state index contributed by atoms with van der Waals surface area (Å²) in [6.07, 6.45) is 0.654. The molecule has 156 valence electrons. The number of rotatable bonds is 6. The fraction of sp³-hybridized carbons (Fsp3) is 0.167. The highest BCUT2D eigenvalue weighted by molar-refractivity contribution is 7.09. The minimum Gasteiger partial charge on any atom is -0.350 e. The first kappa shape index (κ1) is 20.7. The highest BCUT2D eigenvalue weighted by Gasteiger charge is 2.15. The summed E-state index contributed by atoms with van der Waals surface area (Å²) in [5, 5.41) is 10.2. The maximum Gasteiger partial charge on any atom is 0.275 e. The van der Waals surface area contributed by atoms with Crippen LogP contribution in [-0.4, -0.2) is 27.2 Å². The van der Waals surface area contributed by atoms with Gasteiger partial charge in [-0.3, -0.25) is 9.59 Å². The second-order valence-electron chi connectivity index (χ2n) is 7.20. The van der Waals surface area contributed by atoms with E-state index in [1.54, 1.807) is 22.9 Å². The third-order valence-corrected chi connectivity index (χ3v) is 5.66.